The molecule has 2 aromatic rings. The lowest BCUT2D eigenvalue weighted by Gasteiger charge is -2.26. The molecule has 1 aromatic heterocycles. The second-order valence-corrected chi connectivity index (χ2v) is 6.91. The first-order valence-electron chi connectivity index (χ1n) is 8.49. The van der Waals surface area contributed by atoms with Crippen molar-refractivity contribution in [3.8, 4) is 5.69 Å². The SMILES string of the molecule is Cc1ccc(-n2c(=O)[nH]c(C(=O)O)c(CN3CCCCC3)c2=O)cc1Cl. The topological polar surface area (TPSA) is 95.4 Å². The standard InChI is InChI=1S/C18H20ClN3O4/c1-11-5-6-12(9-14(11)19)22-16(23)13(10-21-7-3-2-4-8-21)15(17(24)25)20-18(22)26/h5-6,9H,2-4,7-8,10H2,1H3,(H,20,26)(H,24,25). The molecule has 1 saturated heterocycles. The average Bonchev–Trinajstić information content (AvgIpc) is 2.61. The predicted molar refractivity (Wildman–Crippen MR) is 98.5 cm³/mol. The maximum Gasteiger partial charge on any atom is 0.352 e. The number of carboxylic acid groups (broad SMARTS) is 1. The number of halogens is 1. The summed E-state index contributed by atoms with van der Waals surface area (Å²) in [5.41, 5.74) is -0.568. The van der Waals surface area contributed by atoms with Crippen LogP contribution in [0.4, 0.5) is 0 Å². The minimum Gasteiger partial charge on any atom is -0.477 e. The van der Waals surface area contributed by atoms with Gasteiger partial charge in [-0.05, 0) is 50.6 Å². The molecule has 138 valence electrons. The number of carbonyl (C=O) groups is 1. The summed E-state index contributed by atoms with van der Waals surface area (Å²) in [6.45, 7) is 3.60. The van der Waals surface area contributed by atoms with Crippen LogP contribution < -0.4 is 11.2 Å². The largest absolute Gasteiger partial charge is 0.477 e. The molecular formula is C18H20ClN3O4. The lowest BCUT2D eigenvalue weighted by atomic mass is 10.1. The second kappa shape index (κ2) is 7.47. The quantitative estimate of drug-likeness (QED) is 0.851. The van der Waals surface area contributed by atoms with E-state index in [1.165, 1.54) is 6.07 Å². The zero-order chi connectivity index (χ0) is 18.8. The summed E-state index contributed by atoms with van der Waals surface area (Å²) in [7, 11) is 0. The van der Waals surface area contributed by atoms with E-state index in [0.29, 0.717) is 10.7 Å². The summed E-state index contributed by atoms with van der Waals surface area (Å²) in [5, 5.41) is 9.85. The molecule has 1 aliphatic rings. The molecule has 0 unspecified atom stereocenters. The van der Waals surface area contributed by atoms with Crippen molar-refractivity contribution in [2.24, 2.45) is 0 Å². The Morgan fingerprint density at radius 1 is 1.23 bits per heavy atom. The van der Waals surface area contributed by atoms with E-state index in [1.807, 2.05) is 11.8 Å². The van der Waals surface area contributed by atoms with Gasteiger partial charge in [0.1, 0.15) is 5.69 Å². The van der Waals surface area contributed by atoms with E-state index in [0.717, 1.165) is 42.5 Å². The van der Waals surface area contributed by atoms with Crippen LogP contribution in [-0.4, -0.2) is 38.6 Å². The highest BCUT2D eigenvalue weighted by atomic mass is 35.5. The van der Waals surface area contributed by atoms with E-state index in [4.69, 9.17) is 11.6 Å². The van der Waals surface area contributed by atoms with Crippen molar-refractivity contribution >= 4 is 17.6 Å². The first kappa shape index (κ1) is 18.4. The molecule has 0 bridgehead atoms. The zero-order valence-electron chi connectivity index (χ0n) is 14.4. The van der Waals surface area contributed by atoms with Crippen molar-refractivity contribution in [3.63, 3.8) is 0 Å². The predicted octanol–water partition coefficient (Wildman–Crippen LogP) is 2.17. The molecule has 0 saturated carbocycles. The third-order valence-electron chi connectivity index (χ3n) is 4.66. The monoisotopic (exact) mass is 377 g/mol. The molecule has 8 heteroatoms. The van der Waals surface area contributed by atoms with E-state index >= 15 is 0 Å². The van der Waals surface area contributed by atoms with Crippen LogP contribution in [0.25, 0.3) is 5.69 Å². The van der Waals surface area contributed by atoms with Gasteiger partial charge in [0.05, 0.1) is 11.3 Å². The van der Waals surface area contributed by atoms with Crippen LogP contribution in [0, 0.1) is 6.92 Å². The van der Waals surface area contributed by atoms with Crippen molar-refractivity contribution < 1.29 is 9.90 Å². The molecule has 2 heterocycles. The van der Waals surface area contributed by atoms with Crippen molar-refractivity contribution in [2.45, 2.75) is 32.7 Å². The molecule has 0 radical (unpaired) electrons. The number of nitrogens with zero attached hydrogens (tertiary/aromatic N) is 2. The van der Waals surface area contributed by atoms with Gasteiger partial charge in [-0.15, -0.1) is 0 Å². The Morgan fingerprint density at radius 2 is 1.92 bits per heavy atom. The summed E-state index contributed by atoms with van der Waals surface area (Å²) in [5.74, 6) is -1.32. The molecule has 26 heavy (non-hydrogen) atoms. The number of hydrogen-bond acceptors (Lipinski definition) is 4. The molecule has 2 N–H and O–H groups in total. The smallest absolute Gasteiger partial charge is 0.352 e. The van der Waals surface area contributed by atoms with Gasteiger partial charge < -0.3 is 10.1 Å². The van der Waals surface area contributed by atoms with Crippen molar-refractivity contribution in [1.29, 1.82) is 0 Å². The van der Waals surface area contributed by atoms with E-state index in [-0.39, 0.29) is 17.8 Å². The number of rotatable bonds is 4. The maximum atomic E-state index is 13.0. The van der Waals surface area contributed by atoms with Gasteiger partial charge in [0.2, 0.25) is 0 Å². The normalized spacial score (nSPS) is 15.2. The highest BCUT2D eigenvalue weighted by molar-refractivity contribution is 6.31. The third-order valence-corrected chi connectivity index (χ3v) is 5.06. The first-order chi connectivity index (χ1) is 12.4. The highest BCUT2D eigenvalue weighted by Crippen LogP contribution is 2.18. The molecule has 1 aromatic carbocycles. The van der Waals surface area contributed by atoms with Gasteiger partial charge in [0.25, 0.3) is 5.56 Å². The summed E-state index contributed by atoms with van der Waals surface area (Å²) in [6.07, 6.45) is 3.14. The number of aromatic carboxylic acids is 1. The average molecular weight is 378 g/mol. The lowest BCUT2D eigenvalue weighted by molar-refractivity contribution is 0.0686. The van der Waals surface area contributed by atoms with Crippen LogP contribution in [0.3, 0.4) is 0 Å². The lowest BCUT2D eigenvalue weighted by Crippen LogP contribution is -2.41. The van der Waals surface area contributed by atoms with Crippen LogP contribution >= 0.6 is 11.6 Å². The Bertz CT molecular complexity index is 958. The van der Waals surface area contributed by atoms with Gasteiger partial charge in [-0.1, -0.05) is 24.1 Å². The number of aromatic nitrogens is 2. The molecule has 7 nitrogen and oxygen atoms in total. The minimum atomic E-state index is -1.32. The molecule has 1 fully saturated rings. The summed E-state index contributed by atoms with van der Waals surface area (Å²) in [6, 6.07) is 4.85. The fourth-order valence-corrected chi connectivity index (χ4v) is 3.37. The van der Waals surface area contributed by atoms with Gasteiger partial charge in [-0.3, -0.25) is 9.69 Å². The minimum absolute atomic E-state index is 0.0793. The Hall–Kier alpha value is -2.38. The molecule has 1 aliphatic heterocycles. The summed E-state index contributed by atoms with van der Waals surface area (Å²) < 4.78 is 0.942. The molecule has 0 amide bonds. The van der Waals surface area contributed by atoms with Gasteiger partial charge in [-0.2, -0.15) is 0 Å². The number of piperidine rings is 1. The molecular weight excluding hydrogens is 358 g/mol. The number of hydrogen-bond donors (Lipinski definition) is 2. The van der Waals surface area contributed by atoms with Crippen LogP contribution in [0.15, 0.2) is 27.8 Å². The number of benzene rings is 1. The van der Waals surface area contributed by atoms with Gasteiger partial charge in [0.15, 0.2) is 0 Å². The van der Waals surface area contributed by atoms with Gasteiger partial charge >= 0.3 is 11.7 Å². The number of nitrogens with one attached hydrogen (secondary N) is 1. The van der Waals surface area contributed by atoms with Crippen molar-refractivity contribution in [3.05, 3.63) is 60.9 Å². The van der Waals surface area contributed by atoms with Gasteiger partial charge in [-0.25, -0.2) is 14.2 Å². The number of aryl methyl sites for hydroxylation is 1. The van der Waals surface area contributed by atoms with E-state index in [2.05, 4.69) is 4.98 Å². The number of aromatic amines is 1. The first-order valence-corrected chi connectivity index (χ1v) is 8.86. The molecule has 0 spiro atoms. The van der Waals surface area contributed by atoms with Crippen LogP contribution in [0.5, 0.6) is 0 Å². The number of likely N-dealkylation sites (tertiary alicyclic amines) is 1. The Balaban J connectivity index is 2.15. The third kappa shape index (κ3) is 3.59. The molecule has 0 atom stereocenters. The highest BCUT2D eigenvalue weighted by Gasteiger charge is 2.22. The molecule has 3 rings (SSSR count). The van der Waals surface area contributed by atoms with Crippen molar-refractivity contribution in [2.75, 3.05) is 13.1 Å². The summed E-state index contributed by atoms with van der Waals surface area (Å²) in [4.78, 5) is 41.3. The number of carboxylic acids is 1. The molecule has 0 aliphatic carbocycles. The van der Waals surface area contributed by atoms with E-state index < -0.39 is 17.2 Å². The Morgan fingerprint density at radius 3 is 2.54 bits per heavy atom. The Kier molecular flexibility index (Phi) is 5.29. The van der Waals surface area contributed by atoms with E-state index in [9.17, 15) is 19.5 Å². The zero-order valence-corrected chi connectivity index (χ0v) is 15.2. The fourth-order valence-electron chi connectivity index (χ4n) is 3.20. The van der Waals surface area contributed by atoms with E-state index in [1.54, 1.807) is 12.1 Å². The Labute approximate surface area is 154 Å². The second-order valence-electron chi connectivity index (χ2n) is 6.50. The van der Waals surface area contributed by atoms with Crippen LogP contribution in [-0.2, 0) is 6.54 Å². The van der Waals surface area contributed by atoms with Crippen LogP contribution in [0.2, 0.25) is 5.02 Å². The summed E-state index contributed by atoms with van der Waals surface area (Å²) >= 11 is 6.12. The fraction of sp³-hybridized carbons (Fsp3) is 0.389. The maximum absolute atomic E-state index is 13.0. The van der Waals surface area contributed by atoms with Crippen molar-refractivity contribution in [1.82, 2.24) is 14.5 Å². The van der Waals surface area contributed by atoms with Crippen LogP contribution in [0.1, 0.15) is 40.9 Å². The van der Waals surface area contributed by atoms with Gasteiger partial charge in [0, 0.05) is 11.6 Å². The number of H-pyrrole nitrogens is 1.